The number of hydrogen-bond acceptors (Lipinski definition) is 3. The lowest BCUT2D eigenvalue weighted by atomic mass is 10.3. The van der Waals surface area contributed by atoms with Crippen molar-refractivity contribution in [2.24, 2.45) is 0 Å². The number of benzene rings is 1. The van der Waals surface area contributed by atoms with Gasteiger partial charge in [0, 0.05) is 30.7 Å². The Morgan fingerprint density at radius 2 is 2.14 bits per heavy atom. The first kappa shape index (κ1) is 13.9. The summed E-state index contributed by atoms with van der Waals surface area (Å²) in [5.74, 6) is 1.84. The van der Waals surface area contributed by atoms with Crippen LogP contribution < -0.4 is 5.32 Å². The Kier molecular flexibility index (Phi) is 3.79. The number of anilines is 1. The topological polar surface area (TPSA) is 63.1 Å². The number of aromatic nitrogens is 3. The van der Waals surface area contributed by atoms with Gasteiger partial charge in [0.1, 0.15) is 5.82 Å². The average Bonchev–Trinajstić information content (AvgIpc) is 3.06. The number of halogens is 1. The number of aryl methyl sites for hydroxylation is 1. The van der Waals surface area contributed by atoms with Gasteiger partial charge in [0.05, 0.1) is 6.54 Å². The molecular formula is C14H16ClN5O. The molecule has 1 aliphatic heterocycles. The minimum Gasteiger partial charge on any atom is -0.320 e. The molecule has 1 aliphatic rings. The van der Waals surface area contributed by atoms with Crippen molar-refractivity contribution in [2.75, 3.05) is 12.4 Å². The molecule has 0 unspecified atom stereocenters. The Bertz CT molecular complexity index is 652. The van der Waals surface area contributed by atoms with Crippen molar-refractivity contribution < 1.29 is 4.79 Å². The normalized spacial score (nSPS) is 13.0. The molecule has 7 heteroatoms. The highest BCUT2D eigenvalue weighted by molar-refractivity contribution is 6.30. The third-order valence-corrected chi connectivity index (χ3v) is 3.76. The first-order valence-electron chi connectivity index (χ1n) is 6.82. The fourth-order valence-electron chi connectivity index (χ4n) is 2.36. The van der Waals surface area contributed by atoms with Crippen LogP contribution in [0.2, 0.25) is 5.02 Å². The molecule has 1 N–H and O–H groups in total. The van der Waals surface area contributed by atoms with Crippen LogP contribution in [0.3, 0.4) is 0 Å². The monoisotopic (exact) mass is 305 g/mol. The van der Waals surface area contributed by atoms with E-state index in [0.29, 0.717) is 17.3 Å². The van der Waals surface area contributed by atoms with Crippen LogP contribution in [0.5, 0.6) is 0 Å². The molecular weight excluding hydrogens is 290 g/mol. The standard InChI is InChI=1S/C14H16ClN5O/c1-19(9-13-18-17-12-3-2-8-20(12)13)14(21)16-11-6-4-10(15)5-7-11/h4-7H,2-3,8-9H2,1H3,(H,16,21). The number of carbonyl (C=O) groups is 1. The van der Waals surface area contributed by atoms with E-state index in [4.69, 9.17) is 11.6 Å². The molecule has 2 heterocycles. The van der Waals surface area contributed by atoms with Crippen LogP contribution in [0.4, 0.5) is 10.5 Å². The van der Waals surface area contributed by atoms with E-state index in [0.717, 1.165) is 31.0 Å². The number of hydrogen-bond donors (Lipinski definition) is 1. The minimum atomic E-state index is -0.187. The molecule has 3 rings (SSSR count). The molecule has 0 fully saturated rings. The first-order chi connectivity index (χ1) is 10.1. The molecule has 21 heavy (non-hydrogen) atoms. The summed E-state index contributed by atoms with van der Waals surface area (Å²) in [5.41, 5.74) is 0.711. The smallest absolute Gasteiger partial charge is 0.320 e. The van der Waals surface area contributed by atoms with Crippen molar-refractivity contribution in [1.29, 1.82) is 0 Å². The summed E-state index contributed by atoms with van der Waals surface area (Å²) < 4.78 is 2.09. The summed E-state index contributed by atoms with van der Waals surface area (Å²) in [4.78, 5) is 13.7. The van der Waals surface area contributed by atoms with Gasteiger partial charge in [0.15, 0.2) is 5.82 Å². The van der Waals surface area contributed by atoms with E-state index in [1.54, 1.807) is 36.2 Å². The van der Waals surface area contributed by atoms with Gasteiger partial charge >= 0.3 is 6.03 Å². The number of fused-ring (bicyclic) bond motifs is 1. The van der Waals surface area contributed by atoms with Crippen LogP contribution in [0, 0.1) is 0 Å². The second kappa shape index (κ2) is 5.73. The highest BCUT2D eigenvalue weighted by Gasteiger charge is 2.19. The molecule has 0 bridgehead atoms. The zero-order valence-electron chi connectivity index (χ0n) is 11.7. The maximum atomic E-state index is 12.1. The molecule has 2 amide bonds. The van der Waals surface area contributed by atoms with E-state index in [1.165, 1.54) is 0 Å². The summed E-state index contributed by atoms with van der Waals surface area (Å²) in [7, 11) is 1.74. The summed E-state index contributed by atoms with van der Waals surface area (Å²) in [6, 6.07) is 6.82. The predicted octanol–water partition coefficient (Wildman–Crippen LogP) is 2.54. The molecule has 1 aromatic carbocycles. The number of rotatable bonds is 3. The van der Waals surface area contributed by atoms with Crippen molar-refractivity contribution in [3.05, 3.63) is 40.9 Å². The summed E-state index contributed by atoms with van der Waals surface area (Å²) in [5, 5.41) is 11.8. The number of nitrogens with zero attached hydrogens (tertiary/aromatic N) is 4. The fourth-order valence-corrected chi connectivity index (χ4v) is 2.49. The molecule has 6 nitrogen and oxygen atoms in total. The van der Waals surface area contributed by atoms with E-state index in [2.05, 4.69) is 20.1 Å². The predicted molar refractivity (Wildman–Crippen MR) is 80.3 cm³/mol. The quantitative estimate of drug-likeness (QED) is 0.948. The highest BCUT2D eigenvalue weighted by atomic mass is 35.5. The van der Waals surface area contributed by atoms with Gasteiger partial charge in [0.25, 0.3) is 0 Å². The third kappa shape index (κ3) is 3.00. The summed E-state index contributed by atoms with van der Waals surface area (Å²) in [6.07, 6.45) is 2.06. The van der Waals surface area contributed by atoms with E-state index >= 15 is 0 Å². The zero-order chi connectivity index (χ0) is 14.8. The van der Waals surface area contributed by atoms with Crippen LogP contribution in [0.15, 0.2) is 24.3 Å². The largest absolute Gasteiger partial charge is 0.321 e. The lowest BCUT2D eigenvalue weighted by Gasteiger charge is -2.17. The van der Waals surface area contributed by atoms with Gasteiger partial charge in [-0.15, -0.1) is 10.2 Å². The van der Waals surface area contributed by atoms with Crippen LogP contribution >= 0.6 is 11.6 Å². The van der Waals surface area contributed by atoms with Crippen LogP contribution in [-0.2, 0) is 19.5 Å². The fraction of sp³-hybridized carbons (Fsp3) is 0.357. The molecule has 2 aromatic rings. The van der Waals surface area contributed by atoms with Gasteiger partial charge in [-0.1, -0.05) is 11.6 Å². The second-order valence-electron chi connectivity index (χ2n) is 5.08. The Hall–Kier alpha value is -2.08. The van der Waals surface area contributed by atoms with Gasteiger partial charge in [-0.3, -0.25) is 0 Å². The van der Waals surface area contributed by atoms with E-state index in [-0.39, 0.29) is 6.03 Å². The number of amides is 2. The summed E-state index contributed by atoms with van der Waals surface area (Å²) >= 11 is 5.82. The zero-order valence-corrected chi connectivity index (χ0v) is 12.5. The lowest BCUT2D eigenvalue weighted by molar-refractivity contribution is 0.219. The van der Waals surface area contributed by atoms with Crippen LogP contribution in [-0.4, -0.2) is 32.7 Å². The van der Waals surface area contributed by atoms with Crippen molar-refractivity contribution in [3.8, 4) is 0 Å². The maximum Gasteiger partial charge on any atom is 0.321 e. The molecule has 1 aromatic heterocycles. The Balaban J connectivity index is 1.63. The summed E-state index contributed by atoms with van der Waals surface area (Å²) in [6.45, 7) is 1.37. The minimum absolute atomic E-state index is 0.187. The molecule has 0 spiro atoms. The SMILES string of the molecule is CN(Cc1nnc2n1CCC2)C(=O)Nc1ccc(Cl)cc1. The van der Waals surface area contributed by atoms with Crippen molar-refractivity contribution in [3.63, 3.8) is 0 Å². The molecule has 110 valence electrons. The van der Waals surface area contributed by atoms with Crippen LogP contribution in [0.25, 0.3) is 0 Å². The molecule has 0 saturated carbocycles. The van der Waals surface area contributed by atoms with Gasteiger partial charge in [0.2, 0.25) is 0 Å². The highest BCUT2D eigenvalue weighted by Crippen LogP contribution is 2.16. The number of urea groups is 1. The van der Waals surface area contributed by atoms with E-state index in [9.17, 15) is 4.79 Å². The average molecular weight is 306 g/mol. The van der Waals surface area contributed by atoms with E-state index < -0.39 is 0 Å². The second-order valence-corrected chi connectivity index (χ2v) is 5.52. The van der Waals surface area contributed by atoms with Gasteiger partial charge in [-0.25, -0.2) is 4.79 Å². The molecule has 0 saturated heterocycles. The Morgan fingerprint density at radius 3 is 2.90 bits per heavy atom. The van der Waals surface area contributed by atoms with E-state index in [1.807, 2.05) is 0 Å². The van der Waals surface area contributed by atoms with Crippen molar-refractivity contribution >= 4 is 23.3 Å². The number of nitrogens with one attached hydrogen (secondary N) is 1. The number of carbonyl (C=O) groups excluding carboxylic acids is 1. The third-order valence-electron chi connectivity index (χ3n) is 3.51. The Labute approximate surface area is 127 Å². The van der Waals surface area contributed by atoms with Crippen molar-refractivity contribution in [1.82, 2.24) is 19.7 Å². The lowest BCUT2D eigenvalue weighted by Crippen LogP contribution is -2.31. The molecule has 0 atom stereocenters. The maximum absolute atomic E-state index is 12.1. The molecule has 0 radical (unpaired) electrons. The van der Waals surface area contributed by atoms with Crippen LogP contribution in [0.1, 0.15) is 18.1 Å². The molecule has 0 aliphatic carbocycles. The van der Waals surface area contributed by atoms with Gasteiger partial charge < -0.3 is 14.8 Å². The van der Waals surface area contributed by atoms with Gasteiger partial charge in [-0.05, 0) is 30.7 Å². The van der Waals surface area contributed by atoms with Gasteiger partial charge in [-0.2, -0.15) is 0 Å². The van der Waals surface area contributed by atoms with Crippen molar-refractivity contribution in [2.45, 2.75) is 25.9 Å². The Morgan fingerprint density at radius 1 is 1.38 bits per heavy atom. The first-order valence-corrected chi connectivity index (χ1v) is 7.20.